The first-order valence-corrected chi connectivity index (χ1v) is 24.5. The van der Waals surface area contributed by atoms with Crippen LogP contribution in [0.2, 0.25) is 5.04 Å². The second-order valence-corrected chi connectivity index (χ2v) is 23.2. The summed E-state index contributed by atoms with van der Waals surface area (Å²) in [6.45, 7) is 19.0. The van der Waals surface area contributed by atoms with E-state index < -0.39 is 26.5 Å². The van der Waals surface area contributed by atoms with E-state index in [0.717, 1.165) is 16.8 Å². The van der Waals surface area contributed by atoms with E-state index in [1.807, 2.05) is 45.9 Å². The highest BCUT2D eigenvalue weighted by molar-refractivity contribution is 6.99. The molecule has 4 aromatic rings. The number of aliphatic hydroxyl groups excluding tert-OH is 1. The Labute approximate surface area is 379 Å². The Bertz CT molecular complexity index is 2280. The van der Waals surface area contributed by atoms with Gasteiger partial charge < -0.3 is 37.7 Å². The van der Waals surface area contributed by atoms with E-state index in [1.165, 1.54) is 10.4 Å². The van der Waals surface area contributed by atoms with Crippen LogP contribution >= 0.6 is 0 Å². The third-order valence-electron chi connectivity index (χ3n) is 13.0. The van der Waals surface area contributed by atoms with Crippen LogP contribution in [0.1, 0.15) is 116 Å². The Morgan fingerprint density at radius 1 is 0.922 bits per heavy atom. The molecule has 3 aliphatic rings. The molecule has 11 nitrogen and oxygen atoms in total. The highest BCUT2D eigenvalue weighted by atomic mass is 28.4. The van der Waals surface area contributed by atoms with Crippen LogP contribution in [-0.4, -0.2) is 77.2 Å². The van der Waals surface area contributed by atoms with Gasteiger partial charge in [0.25, 0.3) is 8.32 Å². The smallest absolute Gasteiger partial charge is 0.381 e. The molecule has 3 saturated heterocycles. The predicted molar refractivity (Wildman–Crippen MR) is 249 cm³/mol. The average Bonchev–Trinajstić information content (AvgIpc) is 3.91. The minimum Gasteiger partial charge on any atom is -0.472 e. The number of hydrogen-bond donors (Lipinski definition) is 2. The molecule has 2 N–H and O–H groups in total. The fourth-order valence-corrected chi connectivity index (χ4v) is 14.6. The highest BCUT2D eigenvalue weighted by Gasteiger charge is 2.52. The molecule has 340 valence electrons. The Morgan fingerprint density at radius 3 is 2.25 bits per heavy atom. The molecule has 0 amide bonds. The molecule has 64 heavy (non-hydrogen) atoms. The van der Waals surface area contributed by atoms with Crippen molar-refractivity contribution in [1.29, 1.82) is 0 Å². The zero-order chi connectivity index (χ0) is 45.6. The van der Waals surface area contributed by atoms with Crippen molar-refractivity contribution in [2.75, 3.05) is 0 Å². The number of aliphatic carboxylic acids is 1. The lowest BCUT2D eigenvalue weighted by molar-refractivity contribution is -0.148. The number of carboxylic acid groups (broad SMARTS) is 1. The Kier molecular flexibility index (Phi) is 15.1. The van der Waals surface area contributed by atoms with Crippen LogP contribution in [0.3, 0.4) is 0 Å². The van der Waals surface area contributed by atoms with Gasteiger partial charge in [-0.25, -0.2) is 14.8 Å². The average molecular weight is 889 g/mol. The topological polar surface area (TPSA) is 147 Å². The quantitative estimate of drug-likeness (QED) is 0.0754. The van der Waals surface area contributed by atoms with Gasteiger partial charge in [0, 0.05) is 43.9 Å². The van der Waals surface area contributed by atoms with Gasteiger partial charge in [-0.15, -0.1) is 0 Å². The number of carboxylic acids is 1. The third kappa shape index (κ3) is 11.1. The van der Waals surface area contributed by atoms with Gasteiger partial charge in [-0.05, 0) is 65.7 Å². The van der Waals surface area contributed by atoms with Crippen LogP contribution in [-0.2, 0) is 23.4 Å². The summed E-state index contributed by atoms with van der Waals surface area (Å²) in [4.78, 5) is 20.5. The molecule has 0 unspecified atom stereocenters. The van der Waals surface area contributed by atoms with Gasteiger partial charge in [-0.1, -0.05) is 119 Å². The van der Waals surface area contributed by atoms with Gasteiger partial charge in [0.05, 0.1) is 42.7 Å². The number of aliphatic hydroxyl groups is 1. The third-order valence-corrected chi connectivity index (χ3v) is 18.1. The van der Waals surface area contributed by atoms with Crippen molar-refractivity contribution in [3.63, 3.8) is 0 Å². The van der Waals surface area contributed by atoms with E-state index >= 15 is 0 Å². The molecule has 3 fully saturated rings. The van der Waals surface area contributed by atoms with Crippen molar-refractivity contribution < 1.29 is 42.5 Å². The summed E-state index contributed by atoms with van der Waals surface area (Å²) in [5, 5.41) is 22.6. The fourth-order valence-electron chi connectivity index (χ4n) is 9.94. The lowest BCUT2D eigenvalue weighted by atomic mass is 9.79. The van der Waals surface area contributed by atoms with Crippen molar-refractivity contribution >= 4 is 36.8 Å². The number of ether oxygens (including phenoxy) is 3. The van der Waals surface area contributed by atoms with Crippen LogP contribution in [0, 0.1) is 30.6 Å². The van der Waals surface area contributed by atoms with Gasteiger partial charge in [0.2, 0.25) is 5.89 Å². The molecule has 0 bridgehead atoms. The Morgan fingerprint density at radius 2 is 1.61 bits per heavy atom. The maximum atomic E-state index is 11.3. The molecule has 0 spiro atoms. The molecule has 12 heteroatoms. The maximum absolute atomic E-state index is 11.3. The van der Waals surface area contributed by atoms with E-state index in [0.29, 0.717) is 62.4 Å². The second kappa shape index (κ2) is 20.5. The summed E-state index contributed by atoms with van der Waals surface area (Å²) >= 11 is 0. The molecule has 3 aliphatic heterocycles. The van der Waals surface area contributed by atoms with E-state index in [-0.39, 0.29) is 53.5 Å². The van der Waals surface area contributed by atoms with Crippen LogP contribution in [0.4, 0.5) is 0 Å². The minimum absolute atomic E-state index is 0.0866. The number of hydrogen-bond acceptors (Lipinski definition) is 10. The van der Waals surface area contributed by atoms with Crippen LogP contribution in [0.15, 0.2) is 106 Å². The molecule has 0 radical (unpaired) electrons. The molecule has 2 aromatic heterocycles. The van der Waals surface area contributed by atoms with Crippen LogP contribution in [0.25, 0.3) is 12.2 Å². The largest absolute Gasteiger partial charge is 0.472 e. The van der Waals surface area contributed by atoms with E-state index in [9.17, 15) is 9.90 Å². The molecule has 7 rings (SSSR count). The number of aromatic nitrogens is 2. The minimum atomic E-state index is -2.93. The Balaban J connectivity index is 1.12. The van der Waals surface area contributed by atoms with Crippen molar-refractivity contribution in [2.45, 2.75) is 147 Å². The van der Waals surface area contributed by atoms with Gasteiger partial charge in [-0.3, -0.25) is 0 Å². The number of nitrogens with zero attached hydrogens (tertiary/aromatic N) is 2. The predicted octanol–water partition coefficient (Wildman–Crippen LogP) is 9.02. The van der Waals surface area contributed by atoms with Gasteiger partial charge >= 0.3 is 5.97 Å². The first-order valence-electron chi connectivity index (χ1n) is 22.6. The van der Waals surface area contributed by atoms with Gasteiger partial charge in [0.15, 0.2) is 5.89 Å². The normalized spacial score (nSPS) is 28.2. The van der Waals surface area contributed by atoms with E-state index in [4.69, 9.17) is 37.6 Å². The number of aryl methyl sites for hydroxylation is 1. The molecule has 10 atom stereocenters. The lowest BCUT2D eigenvalue weighted by Crippen LogP contribution is -2.68. The molecule has 0 saturated carbocycles. The summed E-state index contributed by atoms with van der Waals surface area (Å²) < 4.78 is 39.3. The van der Waals surface area contributed by atoms with Crippen molar-refractivity contribution in [2.24, 2.45) is 11.8 Å². The van der Waals surface area contributed by atoms with Crippen molar-refractivity contribution in [3.05, 3.63) is 120 Å². The summed E-state index contributed by atoms with van der Waals surface area (Å²) in [7, 11) is -2.93. The van der Waals surface area contributed by atoms with E-state index in [2.05, 4.69) is 105 Å². The van der Waals surface area contributed by atoms with Gasteiger partial charge in [-0.2, -0.15) is 0 Å². The lowest BCUT2D eigenvalue weighted by Gasteiger charge is -2.47. The van der Waals surface area contributed by atoms with Crippen molar-refractivity contribution in [1.82, 2.24) is 9.97 Å². The Hall–Kier alpha value is -4.87. The monoisotopic (exact) mass is 888 g/mol. The standard InChI is InChI=1S/C52H64N2O9Si/c1-33-25-39(17-15-24-49(55)56)60-40(26-33)28-41-29-42(63-64(52(6,7)8,43-18-11-9-12-19-43)44-20-13-10-14-21-44)30-47(61-41)45-32-59-48(54-45)23-16-22-46-35(3)50(57)36(4)51(62-46)34(2)27-38-31-58-37(5)53-38/h9-14,16,18-21,23,27,31-32,35-36,39-42,46-47,50-51,57H,1,17,22,25-26,28-30H2,2-8H3,(H,55,56)/b23-16+,34-27+/t35-,36+,39-,40+,41+,42-,46+,47+,50-,51-/m0/s1. The zero-order valence-corrected chi connectivity index (χ0v) is 39.2. The van der Waals surface area contributed by atoms with Crippen LogP contribution in [0.5, 0.6) is 0 Å². The summed E-state index contributed by atoms with van der Waals surface area (Å²) in [5.41, 5.74) is 3.45. The molecule has 2 aromatic carbocycles. The van der Waals surface area contributed by atoms with Crippen molar-refractivity contribution in [3.8, 4) is 11.8 Å². The zero-order valence-electron chi connectivity index (χ0n) is 38.2. The van der Waals surface area contributed by atoms with Crippen LogP contribution < -0.4 is 10.4 Å². The number of rotatable bonds is 13. The fraction of sp³-hybridized carbons (Fsp3) is 0.481. The summed E-state index contributed by atoms with van der Waals surface area (Å²) in [6.07, 6.45) is 10.8. The number of oxazole rings is 2. The highest BCUT2D eigenvalue weighted by Crippen LogP contribution is 2.43. The van der Waals surface area contributed by atoms with Gasteiger partial charge in [0.1, 0.15) is 30.0 Å². The molecule has 0 aliphatic carbocycles. The first kappa shape index (κ1) is 47.1. The number of benzene rings is 2. The second-order valence-electron chi connectivity index (χ2n) is 18.9. The molecule has 5 heterocycles. The SMILES string of the molecule is C=C1C[C@H](C[C@@H]2C[C@H](O[Si](c3ccccc3)(c3ccccc3)C(C)(C)C)C[C@H](c3coc(/C=C/C[C@H]4O[C@@H](/C(C)=C/c5coc(C)n5)[C@H](C)[C@@H](O)[C@H]4C)n3)O2)O[C@@H](CC#CC(=O)O)C1. The molecular formula is C52H64N2O9Si. The van der Waals surface area contributed by atoms with E-state index in [1.54, 1.807) is 12.5 Å². The summed E-state index contributed by atoms with van der Waals surface area (Å²) in [6, 6.07) is 21.3. The molecular weight excluding hydrogens is 825 g/mol. The summed E-state index contributed by atoms with van der Waals surface area (Å²) in [5.74, 6) is 4.68. The number of carbonyl (C=O) groups is 1. The maximum Gasteiger partial charge on any atom is 0.381 e. The first-order chi connectivity index (χ1) is 30.6.